The van der Waals surface area contributed by atoms with Crippen molar-refractivity contribution in [1.82, 2.24) is 30.9 Å². The van der Waals surface area contributed by atoms with Crippen molar-refractivity contribution >= 4 is 11.8 Å². The van der Waals surface area contributed by atoms with Gasteiger partial charge in [-0.25, -0.2) is 4.68 Å². The molecule has 0 radical (unpaired) electrons. The monoisotopic (exact) mass is 372 g/mol. The first-order chi connectivity index (χ1) is 13.2. The normalized spacial score (nSPS) is 14.6. The minimum Gasteiger partial charge on any atom is -0.497 e. The summed E-state index contributed by atoms with van der Waals surface area (Å²) < 4.78 is 6.83. The van der Waals surface area contributed by atoms with Crippen LogP contribution in [0.5, 0.6) is 5.75 Å². The van der Waals surface area contributed by atoms with Crippen molar-refractivity contribution < 1.29 is 14.3 Å². The Labute approximate surface area is 157 Å². The molecule has 1 aromatic heterocycles. The van der Waals surface area contributed by atoms with Gasteiger partial charge in [0.05, 0.1) is 19.3 Å². The molecule has 144 valence electrons. The molecule has 0 atom stereocenters. The highest BCUT2D eigenvalue weighted by atomic mass is 16.5. The second kappa shape index (κ2) is 9.13. The van der Waals surface area contributed by atoms with E-state index in [0.717, 1.165) is 25.9 Å². The molecule has 0 aliphatic carbocycles. The topological polar surface area (TPSA) is 110 Å². The molecule has 0 saturated carbocycles. The van der Waals surface area contributed by atoms with Gasteiger partial charge < -0.3 is 20.7 Å². The van der Waals surface area contributed by atoms with Gasteiger partial charge in [0.25, 0.3) is 11.8 Å². The fourth-order valence-electron chi connectivity index (χ4n) is 2.92. The third-order valence-corrected chi connectivity index (χ3v) is 4.47. The van der Waals surface area contributed by atoms with Gasteiger partial charge in [-0.1, -0.05) is 5.21 Å². The van der Waals surface area contributed by atoms with Gasteiger partial charge >= 0.3 is 0 Å². The molecule has 9 nitrogen and oxygen atoms in total. The molecule has 1 aromatic carbocycles. The molecular weight excluding hydrogens is 348 g/mol. The van der Waals surface area contributed by atoms with Crippen molar-refractivity contribution in [2.45, 2.75) is 18.9 Å². The third-order valence-electron chi connectivity index (χ3n) is 4.47. The molecule has 1 fully saturated rings. The number of aromatic nitrogens is 3. The Morgan fingerprint density at radius 2 is 1.81 bits per heavy atom. The van der Waals surface area contributed by atoms with E-state index in [1.165, 1.54) is 0 Å². The van der Waals surface area contributed by atoms with Gasteiger partial charge in [-0.2, -0.15) is 0 Å². The quantitative estimate of drug-likeness (QED) is 0.606. The number of nitrogens with zero attached hydrogens (tertiary/aromatic N) is 3. The number of benzene rings is 1. The summed E-state index contributed by atoms with van der Waals surface area (Å²) in [6, 6.07) is 7.10. The van der Waals surface area contributed by atoms with Gasteiger partial charge in [-0.15, -0.1) is 5.10 Å². The highest BCUT2D eigenvalue weighted by Gasteiger charge is 2.18. The molecule has 1 aliphatic rings. The Bertz CT molecular complexity index is 768. The van der Waals surface area contributed by atoms with E-state index in [0.29, 0.717) is 24.4 Å². The van der Waals surface area contributed by atoms with Gasteiger partial charge in [-0.3, -0.25) is 9.59 Å². The fraction of sp³-hybridized carbons (Fsp3) is 0.444. The van der Waals surface area contributed by atoms with E-state index in [2.05, 4.69) is 26.3 Å². The molecule has 2 aromatic rings. The first-order valence-corrected chi connectivity index (χ1v) is 9.00. The van der Waals surface area contributed by atoms with E-state index in [1.807, 2.05) is 0 Å². The van der Waals surface area contributed by atoms with Gasteiger partial charge in [-0.05, 0) is 50.2 Å². The zero-order valence-electron chi connectivity index (χ0n) is 15.3. The Kier molecular flexibility index (Phi) is 6.37. The van der Waals surface area contributed by atoms with E-state index < -0.39 is 0 Å². The van der Waals surface area contributed by atoms with E-state index in [-0.39, 0.29) is 23.6 Å². The molecule has 3 rings (SSSR count). The predicted octanol–water partition coefficient (Wildman–Crippen LogP) is 0.371. The Balaban J connectivity index is 1.41. The molecule has 1 saturated heterocycles. The van der Waals surface area contributed by atoms with Crippen LogP contribution in [0.25, 0.3) is 0 Å². The number of carbonyl (C=O) groups is 2. The molecule has 3 N–H and O–H groups in total. The summed E-state index contributed by atoms with van der Waals surface area (Å²) in [7, 11) is 1.57. The molecule has 2 heterocycles. The van der Waals surface area contributed by atoms with E-state index in [4.69, 9.17) is 4.74 Å². The number of amides is 2. The summed E-state index contributed by atoms with van der Waals surface area (Å²) in [4.78, 5) is 24.2. The highest BCUT2D eigenvalue weighted by Crippen LogP contribution is 2.17. The Hall–Kier alpha value is -2.94. The van der Waals surface area contributed by atoms with Crippen molar-refractivity contribution in [1.29, 1.82) is 0 Å². The van der Waals surface area contributed by atoms with Crippen LogP contribution in [0, 0.1) is 0 Å². The molecule has 0 bridgehead atoms. The minimum absolute atomic E-state index is 0.205. The Morgan fingerprint density at radius 3 is 2.48 bits per heavy atom. The zero-order valence-corrected chi connectivity index (χ0v) is 15.3. The largest absolute Gasteiger partial charge is 0.497 e. The molecule has 27 heavy (non-hydrogen) atoms. The van der Waals surface area contributed by atoms with Crippen LogP contribution in [0.15, 0.2) is 30.5 Å². The van der Waals surface area contributed by atoms with E-state index in [9.17, 15) is 9.59 Å². The number of nitrogens with one attached hydrogen (secondary N) is 3. The van der Waals surface area contributed by atoms with Gasteiger partial charge in [0.15, 0.2) is 5.69 Å². The van der Waals surface area contributed by atoms with Crippen LogP contribution < -0.4 is 20.7 Å². The Morgan fingerprint density at radius 1 is 1.15 bits per heavy atom. The van der Waals surface area contributed by atoms with Crippen LogP contribution in [-0.2, 0) is 0 Å². The lowest BCUT2D eigenvalue weighted by atomic mass is 10.1. The number of carbonyl (C=O) groups excluding carboxylic acids is 2. The average molecular weight is 372 g/mol. The van der Waals surface area contributed by atoms with Crippen LogP contribution in [0.3, 0.4) is 0 Å². The molecule has 9 heteroatoms. The van der Waals surface area contributed by atoms with E-state index in [1.54, 1.807) is 42.3 Å². The zero-order chi connectivity index (χ0) is 19.1. The van der Waals surface area contributed by atoms with Gasteiger partial charge in [0, 0.05) is 18.7 Å². The summed E-state index contributed by atoms with van der Waals surface area (Å²) in [5.41, 5.74) is 0.821. The average Bonchev–Trinajstić information content (AvgIpc) is 3.22. The minimum atomic E-state index is -0.297. The number of methoxy groups -OCH3 is 1. The third kappa shape index (κ3) is 5.04. The van der Waals surface area contributed by atoms with Crippen LogP contribution in [0.4, 0.5) is 0 Å². The standard InChI is InChI=1S/C18H24N6O3/c1-27-15-4-2-13(3-5-15)17(25)20-10-11-21-18(26)16-12-24(23-22-16)14-6-8-19-9-7-14/h2-5,12,14,19H,6-11H2,1H3,(H,20,25)(H,21,26). The lowest BCUT2D eigenvalue weighted by Crippen LogP contribution is -2.34. The maximum absolute atomic E-state index is 12.2. The van der Waals surface area contributed by atoms with Gasteiger partial charge in [0.2, 0.25) is 0 Å². The maximum atomic E-state index is 12.2. The summed E-state index contributed by atoms with van der Waals surface area (Å²) in [5, 5.41) is 16.8. The highest BCUT2D eigenvalue weighted by molar-refractivity contribution is 5.94. The van der Waals surface area contributed by atoms with Crippen LogP contribution >= 0.6 is 0 Å². The summed E-state index contributed by atoms with van der Waals surface area (Å²) in [5.74, 6) is 0.189. The molecule has 0 unspecified atom stereocenters. The van der Waals surface area contributed by atoms with Crippen molar-refractivity contribution in [3.63, 3.8) is 0 Å². The number of rotatable bonds is 7. The maximum Gasteiger partial charge on any atom is 0.273 e. The number of ether oxygens (including phenoxy) is 1. The fourth-order valence-corrected chi connectivity index (χ4v) is 2.92. The summed E-state index contributed by atoms with van der Waals surface area (Å²) in [6.07, 6.45) is 3.63. The smallest absolute Gasteiger partial charge is 0.273 e. The number of hydrogen-bond acceptors (Lipinski definition) is 6. The molecule has 0 spiro atoms. The molecule has 2 amide bonds. The van der Waals surface area contributed by atoms with Crippen molar-refractivity contribution in [3.8, 4) is 5.75 Å². The molecular formula is C18H24N6O3. The summed E-state index contributed by atoms with van der Waals surface area (Å²) >= 11 is 0. The number of piperidine rings is 1. The second-order valence-corrected chi connectivity index (χ2v) is 6.31. The summed E-state index contributed by atoms with van der Waals surface area (Å²) in [6.45, 7) is 2.51. The van der Waals surface area contributed by atoms with Gasteiger partial charge in [0.1, 0.15) is 5.75 Å². The van der Waals surface area contributed by atoms with Crippen LogP contribution in [0.1, 0.15) is 39.7 Å². The van der Waals surface area contributed by atoms with Crippen molar-refractivity contribution in [2.75, 3.05) is 33.3 Å². The molecule has 1 aliphatic heterocycles. The first kappa shape index (κ1) is 18.8. The van der Waals surface area contributed by atoms with Crippen molar-refractivity contribution in [2.24, 2.45) is 0 Å². The number of hydrogen-bond donors (Lipinski definition) is 3. The lowest BCUT2D eigenvalue weighted by Gasteiger charge is -2.22. The SMILES string of the molecule is COc1ccc(C(=O)NCCNC(=O)c2cn(C3CCNCC3)nn2)cc1. The van der Waals surface area contributed by atoms with Crippen LogP contribution in [-0.4, -0.2) is 60.1 Å². The van der Waals surface area contributed by atoms with Crippen LogP contribution in [0.2, 0.25) is 0 Å². The van der Waals surface area contributed by atoms with Crippen molar-refractivity contribution in [3.05, 3.63) is 41.7 Å². The lowest BCUT2D eigenvalue weighted by molar-refractivity contribution is 0.0925. The predicted molar refractivity (Wildman–Crippen MR) is 98.8 cm³/mol. The second-order valence-electron chi connectivity index (χ2n) is 6.31. The van der Waals surface area contributed by atoms with E-state index >= 15 is 0 Å². The first-order valence-electron chi connectivity index (χ1n) is 9.00.